The van der Waals surface area contributed by atoms with Gasteiger partial charge in [-0.1, -0.05) is 49.6 Å². The molecule has 11 nitrogen and oxygen atoms in total. The van der Waals surface area contributed by atoms with Gasteiger partial charge in [0.05, 0.1) is 29.5 Å². The van der Waals surface area contributed by atoms with Crippen LogP contribution in [0.2, 0.25) is 0 Å². The van der Waals surface area contributed by atoms with Crippen molar-refractivity contribution in [1.82, 2.24) is 30.4 Å². The number of fused-ring (bicyclic) bond motifs is 1. The summed E-state index contributed by atoms with van der Waals surface area (Å²) in [6.45, 7) is 10.1. The topological polar surface area (TPSA) is 146 Å². The van der Waals surface area contributed by atoms with Crippen LogP contribution in [-0.2, 0) is 39.4 Å². The Morgan fingerprint density at radius 3 is 2.32 bits per heavy atom. The van der Waals surface area contributed by atoms with E-state index in [1.165, 1.54) is 26.7 Å². The first-order valence-electron chi connectivity index (χ1n) is 16.9. The van der Waals surface area contributed by atoms with Crippen LogP contribution in [0.1, 0.15) is 78.1 Å². The Morgan fingerprint density at radius 2 is 1.72 bits per heavy atom. The molecule has 2 fully saturated rings. The van der Waals surface area contributed by atoms with Gasteiger partial charge in [0.2, 0.25) is 11.8 Å². The first kappa shape index (κ1) is 37.0. The fourth-order valence-corrected chi connectivity index (χ4v) is 7.66. The van der Waals surface area contributed by atoms with Gasteiger partial charge >= 0.3 is 0 Å². The minimum absolute atomic E-state index is 0.0363. The van der Waals surface area contributed by atoms with Crippen molar-refractivity contribution in [2.24, 2.45) is 18.9 Å². The molecule has 6 atom stereocenters. The molecule has 2 heterocycles. The predicted molar refractivity (Wildman–Crippen MR) is 184 cm³/mol. The Hall–Kier alpha value is -2.80. The highest BCUT2D eigenvalue weighted by Gasteiger charge is 2.45. The van der Waals surface area contributed by atoms with E-state index < -0.39 is 44.2 Å². The Bertz CT molecular complexity index is 1450. The molecule has 2 aliphatic rings. The van der Waals surface area contributed by atoms with Crippen LogP contribution >= 0.6 is 0 Å². The molecule has 1 aromatic carbocycles. The Balaban J connectivity index is 1.60. The third kappa shape index (κ3) is 9.64. The average Bonchev–Trinajstić information content (AvgIpc) is 3.39. The molecule has 12 heteroatoms. The minimum Gasteiger partial charge on any atom is -0.390 e. The number of rotatable bonds is 13. The summed E-state index contributed by atoms with van der Waals surface area (Å²) < 4.78 is 26.3. The minimum atomic E-state index is -3.69. The second-order valence-corrected chi connectivity index (χ2v) is 17.9. The molecule has 4 rings (SSSR count). The number of hydrogen-bond donors (Lipinski definition) is 4. The van der Waals surface area contributed by atoms with Gasteiger partial charge < -0.3 is 20.3 Å². The molecule has 1 saturated heterocycles. The van der Waals surface area contributed by atoms with E-state index in [0.717, 1.165) is 31.1 Å². The number of likely N-dealkylation sites (tertiary alicyclic amines) is 1. The van der Waals surface area contributed by atoms with Crippen molar-refractivity contribution in [2.75, 3.05) is 19.3 Å². The van der Waals surface area contributed by atoms with Gasteiger partial charge in [0, 0.05) is 44.3 Å². The van der Waals surface area contributed by atoms with Crippen LogP contribution in [-0.4, -0.2) is 93.7 Å². The number of amides is 2. The van der Waals surface area contributed by atoms with Crippen LogP contribution in [0.5, 0.6) is 0 Å². The van der Waals surface area contributed by atoms with Crippen LogP contribution < -0.4 is 16.0 Å². The number of carbonyl (C=O) groups is 2. The van der Waals surface area contributed by atoms with Crippen molar-refractivity contribution in [3.63, 3.8) is 0 Å². The second kappa shape index (κ2) is 15.2. The zero-order valence-corrected chi connectivity index (χ0v) is 30.0. The summed E-state index contributed by atoms with van der Waals surface area (Å²) in [6, 6.07) is 7.35. The maximum Gasteiger partial charge on any atom is 0.239 e. The zero-order chi connectivity index (χ0) is 34.6. The number of hydrogen-bond acceptors (Lipinski definition) is 8. The Kier molecular flexibility index (Phi) is 12.0. The number of aromatic nitrogens is 2. The smallest absolute Gasteiger partial charge is 0.239 e. The number of piperidine rings is 1. The zero-order valence-electron chi connectivity index (χ0n) is 29.2. The van der Waals surface area contributed by atoms with Crippen LogP contribution in [0.3, 0.4) is 0 Å². The van der Waals surface area contributed by atoms with Crippen molar-refractivity contribution in [1.29, 1.82) is 0 Å². The maximum atomic E-state index is 14.1. The summed E-state index contributed by atoms with van der Waals surface area (Å²) in [6.07, 6.45) is 9.19. The number of aryl methyl sites for hydroxylation is 1. The van der Waals surface area contributed by atoms with E-state index in [4.69, 9.17) is 0 Å². The predicted octanol–water partition coefficient (Wildman–Crippen LogP) is 2.59. The fourth-order valence-electron chi connectivity index (χ4n) is 7.04. The summed E-state index contributed by atoms with van der Waals surface area (Å²) in [7, 11) is -1.86. The lowest BCUT2D eigenvalue weighted by Gasteiger charge is -2.47. The van der Waals surface area contributed by atoms with E-state index in [2.05, 4.69) is 25.8 Å². The highest BCUT2D eigenvalue weighted by atomic mass is 32.2. The average molecular weight is 673 g/mol. The first-order chi connectivity index (χ1) is 22.0. The van der Waals surface area contributed by atoms with Crippen molar-refractivity contribution >= 4 is 21.7 Å². The molecule has 1 saturated carbocycles. The summed E-state index contributed by atoms with van der Waals surface area (Å²) in [5.74, 6) is 1.04. The monoisotopic (exact) mass is 672 g/mol. The second-order valence-electron chi connectivity index (χ2n) is 15.3. The molecule has 4 N–H and O–H groups in total. The number of β-amino-alcohol motifs (C(OH)–C–C–N with tert-alkyl or cyclic N) is 1. The Morgan fingerprint density at radius 1 is 1.06 bits per heavy atom. The van der Waals surface area contributed by atoms with Gasteiger partial charge in [0.25, 0.3) is 0 Å². The number of sulfone groups is 1. The summed E-state index contributed by atoms with van der Waals surface area (Å²) in [5, 5.41) is 21.3. The molecule has 2 aromatic rings. The van der Waals surface area contributed by atoms with E-state index in [9.17, 15) is 23.1 Å². The summed E-state index contributed by atoms with van der Waals surface area (Å²) in [5.41, 5.74) is 0.530. The number of carbonyl (C=O) groups excluding carboxylic acids is 2. The Labute approximate surface area is 281 Å². The third-order valence-electron chi connectivity index (χ3n) is 10.1. The highest BCUT2D eigenvalue weighted by Crippen LogP contribution is 2.39. The lowest BCUT2D eigenvalue weighted by Crippen LogP contribution is -2.63. The number of aliphatic hydroxyl groups is 1. The van der Waals surface area contributed by atoms with Gasteiger partial charge in [-0.2, -0.15) is 0 Å². The van der Waals surface area contributed by atoms with Gasteiger partial charge in [-0.15, -0.1) is 0 Å². The first-order valence-corrected chi connectivity index (χ1v) is 18.8. The maximum absolute atomic E-state index is 14.1. The lowest BCUT2D eigenvalue weighted by molar-refractivity contribution is -0.133. The van der Waals surface area contributed by atoms with E-state index in [-0.39, 0.29) is 25.0 Å². The van der Waals surface area contributed by atoms with Crippen LogP contribution in [0, 0.1) is 11.8 Å². The van der Waals surface area contributed by atoms with E-state index in [1.54, 1.807) is 17.0 Å². The molecular formula is C35H56N6O5S. The molecule has 0 spiro atoms. The number of nitrogens with zero attached hydrogens (tertiary/aromatic N) is 3. The van der Waals surface area contributed by atoms with Gasteiger partial charge in [0.15, 0.2) is 9.84 Å². The molecule has 262 valence electrons. The number of benzene rings is 1. The van der Waals surface area contributed by atoms with Crippen molar-refractivity contribution in [3.05, 3.63) is 54.1 Å². The van der Waals surface area contributed by atoms with Gasteiger partial charge in [-0.3, -0.25) is 19.8 Å². The third-order valence-corrected chi connectivity index (χ3v) is 12.3. The standard InChI is InChI=1S/C35H56N6O5S/c1-34(2,3)39-32(43)28-20-25-15-11-12-16-26(25)22-41(28)23-29(42)27(19-24-13-9-8-10-14-24)38-33(44)31(35(4,5)47(7,45)46)37-21-30-36-17-18-40(30)6/h8-10,13-14,17-18,25-29,31,37,42H,11-12,15-16,19-23H2,1-7H3,(H,38,44)(H,39,43)/t25?,26?,27-,28-,29+,31+/m0/s1. The van der Waals surface area contributed by atoms with Crippen LogP contribution in [0.4, 0.5) is 0 Å². The van der Waals surface area contributed by atoms with E-state index in [1.807, 2.05) is 58.2 Å². The highest BCUT2D eigenvalue weighted by molar-refractivity contribution is 7.92. The molecule has 0 radical (unpaired) electrons. The molecule has 1 aliphatic heterocycles. The largest absolute Gasteiger partial charge is 0.390 e. The fraction of sp³-hybridized carbons (Fsp3) is 0.686. The van der Waals surface area contributed by atoms with Crippen molar-refractivity contribution in [2.45, 2.75) is 114 Å². The number of aliphatic hydroxyl groups excluding tert-OH is 1. The number of nitrogens with one attached hydrogen (secondary N) is 3. The van der Waals surface area contributed by atoms with Crippen LogP contribution in [0.15, 0.2) is 42.7 Å². The van der Waals surface area contributed by atoms with Crippen molar-refractivity contribution < 1.29 is 23.1 Å². The normalized spacial score (nSPS) is 22.9. The summed E-state index contributed by atoms with van der Waals surface area (Å²) in [4.78, 5) is 34.2. The van der Waals surface area contributed by atoms with Gasteiger partial charge in [-0.25, -0.2) is 13.4 Å². The molecule has 47 heavy (non-hydrogen) atoms. The molecule has 1 aliphatic carbocycles. The van der Waals surface area contributed by atoms with Gasteiger partial charge in [0.1, 0.15) is 11.9 Å². The van der Waals surface area contributed by atoms with Gasteiger partial charge in [-0.05, 0) is 71.3 Å². The quantitative estimate of drug-likeness (QED) is 0.254. The van der Waals surface area contributed by atoms with E-state index in [0.29, 0.717) is 30.6 Å². The van der Waals surface area contributed by atoms with E-state index >= 15 is 0 Å². The molecule has 1 aromatic heterocycles. The van der Waals surface area contributed by atoms with Crippen molar-refractivity contribution in [3.8, 4) is 0 Å². The SMILES string of the molecule is Cn1ccnc1CN[C@H](C(=O)N[C@@H](Cc1ccccc1)[C@H](O)CN1CC2CCCCC2C[C@H]1C(=O)NC(C)(C)C)C(C)(C)S(C)(=O)=O. The lowest BCUT2D eigenvalue weighted by atomic mass is 9.72. The molecule has 2 amide bonds. The molecule has 2 unspecified atom stereocenters. The molecule has 0 bridgehead atoms. The molecular weight excluding hydrogens is 616 g/mol. The summed E-state index contributed by atoms with van der Waals surface area (Å²) >= 11 is 0. The number of imidazole rings is 1. The van der Waals surface area contributed by atoms with Crippen LogP contribution in [0.25, 0.3) is 0 Å².